The number of aliphatic imine (C=N–C) groups is 1. The van der Waals surface area contributed by atoms with Crippen molar-refractivity contribution in [3.8, 4) is 11.5 Å². The molecular formula is C24H17Br2ClN2O3S. The first-order valence-electron chi connectivity index (χ1n) is 9.72. The quantitative estimate of drug-likeness (QED) is 0.298. The molecule has 0 spiro atoms. The number of thioether (sulfide) groups is 1. The van der Waals surface area contributed by atoms with Crippen molar-refractivity contribution in [2.45, 2.75) is 6.61 Å². The molecule has 1 amide bonds. The van der Waals surface area contributed by atoms with Gasteiger partial charge in [0.25, 0.3) is 5.91 Å². The maximum atomic E-state index is 12.4. The second-order valence-electron chi connectivity index (χ2n) is 6.87. The van der Waals surface area contributed by atoms with Gasteiger partial charge in [-0.2, -0.15) is 0 Å². The van der Waals surface area contributed by atoms with Crippen LogP contribution < -0.4 is 14.8 Å². The van der Waals surface area contributed by atoms with Crippen LogP contribution in [0.1, 0.15) is 11.1 Å². The Kier molecular flexibility index (Phi) is 7.80. The summed E-state index contributed by atoms with van der Waals surface area (Å²) in [6, 6.07) is 18.6. The largest absolute Gasteiger partial charge is 0.497 e. The van der Waals surface area contributed by atoms with Gasteiger partial charge in [0.1, 0.15) is 18.1 Å². The molecule has 5 nitrogen and oxygen atoms in total. The average Bonchev–Trinajstić information content (AvgIpc) is 3.13. The number of carbonyl (C=O) groups excluding carboxylic acids is 1. The monoisotopic (exact) mass is 606 g/mol. The third-order valence-corrected chi connectivity index (χ3v) is 7.06. The molecule has 168 valence electrons. The Morgan fingerprint density at radius 2 is 1.79 bits per heavy atom. The molecule has 1 aliphatic heterocycles. The van der Waals surface area contributed by atoms with Crippen LogP contribution in [0.25, 0.3) is 6.08 Å². The summed E-state index contributed by atoms with van der Waals surface area (Å²) < 4.78 is 12.6. The molecule has 0 aliphatic carbocycles. The molecule has 1 aliphatic rings. The fourth-order valence-corrected chi connectivity index (χ4v) is 5.45. The Morgan fingerprint density at radius 1 is 1.09 bits per heavy atom. The summed E-state index contributed by atoms with van der Waals surface area (Å²) in [5, 5.41) is 3.98. The molecule has 3 aromatic rings. The summed E-state index contributed by atoms with van der Waals surface area (Å²) in [5.41, 5.74) is 2.46. The second-order valence-corrected chi connectivity index (χ2v) is 10.0. The Bertz CT molecular complexity index is 1240. The minimum Gasteiger partial charge on any atom is -0.497 e. The van der Waals surface area contributed by atoms with Crippen molar-refractivity contribution in [1.29, 1.82) is 0 Å². The zero-order chi connectivity index (χ0) is 23.4. The van der Waals surface area contributed by atoms with Crippen LogP contribution in [0.15, 0.2) is 79.5 Å². The van der Waals surface area contributed by atoms with Crippen molar-refractivity contribution in [2.75, 3.05) is 7.11 Å². The van der Waals surface area contributed by atoms with Crippen LogP contribution in [-0.2, 0) is 11.4 Å². The standard InChI is InChI=1S/C24H17Br2ClN2O3S/c1-31-17-8-6-16(7-9-17)28-24-29-23(30)21(33-24)12-14-10-18(25)22(19(26)11-14)32-13-15-4-2-3-5-20(15)27/h2-12H,13H2,1H3,(H,28,29,30)/b21-12-. The minimum atomic E-state index is -0.196. The molecule has 9 heteroatoms. The molecule has 0 atom stereocenters. The number of ether oxygens (including phenoxy) is 2. The molecule has 1 fully saturated rings. The highest BCUT2D eigenvalue weighted by molar-refractivity contribution is 9.11. The zero-order valence-electron chi connectivity index (χ0n) is 17.3. The van der Waals surface area contributed by atoms with Gasteiger partial charge in [-0.1, -0.05) is 29.8 Å². The fourth-order valence-electron chi connectivity index (χ4n) is 2.97. The van der Waals surface area contributed by atoms with Gasteiger partial charge in [0.15, 0.2) is 5.17 Å². The lowest BCUT2D eigenvalue weighted by Gasteiger charge is -2.12. The van der Waals surface area contributed by atoms with Crippen molar-refractivity contribution in [1.82, 2.24) is 5.32 Å². The number of amidine groups is 1. The number of benzene rings is 3. The van der Waals surface area contributed by atoms with Crippen LogP contribution in [0.5, 0.6) is 11.5 Å². The van der Waals surface area contributed by atoms with Gasteiger partial charge >= 0.3 is 0 Å². The van der Waals surface area contributed by atoms with Crippen molar-refractivity contribution in [2.24, 2.45) is 4.99 Å². The number of hydrogen-bond acceptors (Lipinski definition) is 5. The Hall–Kier alpha value is -2.26. The van der Waals surface area contributed by atoms with Crippen LogP contribution in [0, 0.1) is 0 Å². The van der Waals surface area contributed by atoms with E-state index in [0.717, 1.165) is 31.5 Å². The SMILES string of the molecule is COc1ccc(N=C2NC(=O)/C(=C/c3cc(Br)c(OCc4ccccc4Cl)c(Br)c3)S2)cc1. The lowest BCUT2D eigenvalue weighted by atomic mass is 10.2. The van der Waals surface area contributed by atoms with E-state index in [1.165, 1.54) is 11.8 Å². The molecule has 1 heterocycles. The smallest absolute Gasteiger partial charge is 0.264 e. The Morgan fingerprint density at radius 3 is 2.45 bits per heavy atom. The van der Waals surface area contributed by atoms with Gasteiger partial charge in [-0.25, -0.2) is 4.99 Å². The number of amides is 1. The minimum absolute atomic E-state index is 0.196. The lowest BCUT2D eigenvalue weighted by Crippen LogP contribution is -2.19. The van der Waals surface area contributed by atoms with Crippen molar-refractivity contribution in [3.63, 3.8) is 0 Å². The lowest BCUT2D eigenvalue weighted by molar-refractivity contribution is -0.115. The maximum Gasteiger partial charge on any atom is 0.264 e. The molecular weight excluding hydrogens is 592 g/mol. The van der Waals surface area contributed by atoms with Gasteiger partial charge in [0.2, 0.25) is 0 Å². The van der Waals surface area contributed by atoms with Gasteiger partial charge in [0.05, 0.1) is 26.6 Å². The van der Waals surface area contributed by atoms with E-state index >= 15 is 0 Å². The van der Waals surface area contributed by atoms with E-state index in [0.29, 0.717) is 27.5 Å². The predicted octanol–water partition coefficient (Wildman–Crippen LogP) is 7.34. The highest BCUT2D eigenvalue weighted by Gasteiger charge is 2.24. The van der Waals surface area contributed by atoms with Crippen molar-refractivity contribution in [3.05, 3.63) is 90.7 Å². The normalized spacial score (nSPS) is 15.7. The number of rotatable bonds is 6. The summed E-state index contributed by atoms with van der Waals surface area (Å²) in [7, 11) is 1.61. The summed E-state index contributed by atoms with van der Waals surface area (Å²) in [5.74, 6) is 1.21. The van der Waals surface area contributed by atoms with Gasteiger partial charge in [-0.3, -0.25) is 4.79 Å². The molecule has 0 unspecified atom stereocenters. The summed E-state index contributed by atoms with van der Waals surface area (Å²) in [6.45, 7) is 0.334. The zero-order valence-corrected chi connectivity index (χ0v) is 22.0. The van der Waals surface area contributed by atoms with E-state index < -0.39 is 0 Å². The van der Waals surface area contributed by atoms with E-state index in [9.17, 15) is 4.79 Å². The highest BCUT2D eigenvalue weighted by Crippen LogP contribution is 2.37. The number of methoxy groups -OCH3 is 1. The van der Waals surface area contributed by atoms with Crippen molar-refractivity contribution < 1.29 is 14.3 Å². The maximum absolute atomic E-state index is 12.4. The molecule has 0 saturated carbocycles. The van der Waals surface area contributed by atoms with Crippen LogP contribution >= 0.6 is 55.2 Å². The first-order chi connectivity index (χ1) is 15.9. The third-order valence-electron chi connectivity index (χ3n) is 4.60. The Labute approximate surface area is 217 Å². The van der Waals surface area contributed by atoms with Crippen LogP contribution in [0.2, 0.25) is 5.02 Å². The van der Waals surface area contributed by atoms with E-state index in [4.69, 9.17) is 21.1 Å². The van der Waals surface area contributed by atoms with E-state index in [1.54, 1.807) is 7.11 Å². The number of nitrogens with one attached hydrogen (secondary N) is 1. The van der Waals surface area contributed by atoms with E-state index in [1.807, 2.05) is 66.7 Å². The summed E-state index contributed by atoms with van der Waals surface area (Å²) in [6.07, 6.45) is 1.81. The molecule has 3 aromatic carbocycles. The van der Waals surface area contributed by atoms with E-state index in [-0.39, 0.29) is 5.91 Å². The highest BCUT2D eigenvalue weighted by atomic mass is 79.9. The van der Waals surface area contributed by atoms with Crippen LogP contribution in [-0.4, -0.2) is 18.2 Å². The van der Waals surface area contributed by atoms with Gasteiger partial charge < -0.3 is 14.8 Å². The van der Waals surface area contributed by atoms with Gasteiger partial charge in [-0.15, -0.1) is 0 Å². The topological polar surface area (TPSA) is 59.9 Å². The third kappa shape index (κ3) is 6.00. The van der Waals surface area contributed by atoms with Gasteiger partial charge in [-0.05, 0) is 97.7 Å². The van der Waals surface area contributed by atoms with Crippen LogP contribution in [0.4, 0.5) is 5.69 Å². The summed E-state index contributed by atoms with van der Waals surface area (Å²) >= 11 is 14.6. The second kappa shape index (κ2) is 10.8. The van der Waals surface area contributed by atoms with Crippen molar-refractivity contribution >= 4 is 78.1 Å². The number of halogens is 3. The molecule has 33 heavy (non-hydrogen) atoms. The summed E-state index contributed by atoms with van der Waals surface area (Å²) in [4.78, 5) is 17.5. The van der Waals surface area contributed by atoms with Gasteiger partial charge in [0, 0.05) is 10.6 Å². The van der Waals surface area contributed by atoms with Crippen LogP contribution in [0.3, 0.4) is 0 Å². The molecule has 0 radical (unpaired) electrons. The first kappa shape index (κ1) is 23.9. The molecule has 4 rings (SSSR count). The fraction of sp³-hybridized carbons (Fsp3) is 0.0833. The number of hydrogen-bond donors (Lipinski definition) is 1. The van der Waals surface area contributed by atoms with E-state index in [2.05, 4.69) is 42.2 Å². The first-order valence-corrected chi connectivity index (χ1v) is 12.5. The average molecular weight is 609 g/mol. The number of carbonyl (C=O) groups is 1. The Balaban J connectivity index is 1.49. The molecule has 0 aromatic heterocycles. The molecule has 1 N–H and O–H groups in total. The number of nitrogens with zero attached hydrogens (tertiary/aromatic N) is 1. The molecule has 0 bridgehead atoms. The predicted molar refractivity (Wildman–Crippen MR) is 141 cm³/mol. The molecule has 1 saturated heterocycles.